The van der Waals surface area contributed by atoms with Crippen LogP contribution < -0.4 is 14.8 Å². The molecule has 0 unspecified atom stereocenters. The maximum Gasteiger partial charge on any atom is 0.331 e. The average Bonchev–Trinajstić information content (AvgIpc) is 2.63. The third kappa shape index (κ3) is 6.54. The van der Waals surface area contributed by atoms with Crippen LogP contribution in [0.4, 0.5) is 0 Å². The standard InChI is InChI=1S/C17H22N2O6/c1-18-15(20)10-19(2)16(21)11-25-17(22)8-5-12-9-13(23-3)6-7-14(12)24-4/h5-9H,10-11H2,1-4H3,(H,18,20)/b8-5+. The van der Waals surface area contributed by atoms with Crippen molar-refractivity contribution in [3.05, 3.63) is 29.8 Å². The van der Waals surface area contributed by atoms with Crippen LogP contribution in [0.2, 0.25) is 0 Å². The lowest BCUT2D eigenvalue weighted by atomic mass is 10.1. The van der Waals surface area contributed by atoms with Crippen molar-refractivity contribution < 1.29 is 28.6 Å². The van der Waals surface area contributed by atoms with Gasteiger partial charge in [-0.05, 0) is 24.3 Å². The molecule has 0 aliphatic heterocycles. The number of benzene rings is 1. The van der Waals surface area contributed by atoms with Gasteiger partial charge in [-0.3, -0.25) is 9.59 Å². The molecule has 8 heteroatoms. The van der Waals surface area contributed by atoms with Gasteiger partial charge in [0.15, 0.2) is 6.61 Å². The molecule has 1 rings (SSSR count). The summed E-state index contributed by atoms with van der Waals surface area (Å²) in [6.07, 6.45) is 2.69. The third-order valence-electron chi connectivity index (χ3n) is 3.26. The van der Waals surface area contributed by atoms with Gasteiger partial charge in [0.2, 0.25) is 5.91 Å². The van der Waals surface area contributed by atoms with Crippen LogP contribution in [-0.4, -0.2) is 64.2 Å². The van der Waals surface area contributed by atoms with Gasteiger partial charge in [-0.2, -0.15) is 0 Å². The molecule has 0 aromatic heterocycles. The molecule has 0 fully saturated rings. The lowest BCUT2D eigenvalue weighted by molar-refractivity contribution is -0.148. The summed E-state index contributed by atoms with van der Waals surface area (Å²) in [5.74, 6) is -0.311. The fourth-order valence-electron chi connectivity index (χ4n) is 1.80. The number of methoxy groups -OCH3 is 2. The Morgan fingerprint density at radius 1 is 1.20 bits per heavy atom. The van der Waals surface area contributed by atoms with Gasteiger partial charge in [-0.1, -0.05) is 0 Å². The van der Waals surface area contributed by atoms with Crippen molar-refractivity contribution in [2.75, 3.05) is 41.5 Å². The van der Waals surface area contributed by atoms with E-state index in [1.165, 1.54) is 45.4 Å². The number of esters is 1. The molecule has 0 spiro atoms. The number of rotatable bonds is 8. The quantitative estimate of drug-likeness (QED) is 0.541. The maximum atomic E-state index is 11.8. The largest absolute Gasteiger partial charge is 0.497 e. The van der Waals surface area contributed by atoms with Crippen molar-refractivity contribution in [2.24, 2.45) is 0 Å². The van der Waals surface area contributed by atoms with E-state index in [4.69, 9.17) is 14.2 Å². The summed E-state index contributed by atoms with van der Waals surface area (Å²) in [4.78, 5) is 35.9. The van der Waals surface area contributed by atoms with Gasteiger partial charge in [-0.15, -0.1) is 0 Å². The number of nitrogens with zero attached hydrogens (tertiary/aromatic N) is 1. The summed E-state index contributed by atoms with van der Waals surface area (Å²) in [6, 6.07) is 5.14. The monoisotopic (exact) mass is 350 g/mol. The highest BCUT2D eigenvalue weighted by Crippen LogP contribution is 2.25. The first-order valence-electron chi connectivity index (χ1n) is 7.42. The van der Waals surface area contributed by atoms with Crippen molar-refractivity contribution in [3.8, 4) is 11.5 Å². The minimum atomic E-state index is -0.688. The number of carbonyl (C=O) groups excluding carboxylic acids is 3. The predicted molar refractivity (Wildman–Crippen MR) is 91.2 cm³/mol. The molecule has 1 aromatic carbocycles. The molecule has 0 atom stereocenters. The van der Waals surface area contributed by atoms with E-state index in [-0.39, 0.29) is 12.5 Å². The van der Waals surface area contributed by atoms with Crippen LogP contribution in [-0.2, 0) is 19.1 Å². The molecule has 0 heterocycles. The van der Waals surface area contributed by atoms with Crippen LogP contribution in [0, 0.1) is 0 Å². The van der Waals surface area contributed by atoms with E-state index in [2.05, 4.69) is 5.32 Å². The molecular weight excluding hydrogens is 328 g/mol. The zero-order chi connectivity index (χ0) is 18.8. The Labute approximate surface area is 146 Å². The van der Waals surface area contributed by atoms with Gasteiger partial charge < -0.3 is 24.4 Å². The van der Waals surface area contributed by atoms with E-state index in [1.54, 1.807) is 18.2 Å². The zero-order valence-electron chi connectivity index (χ0n) is 14.7. The van der Waals surface area contributed by atoms with Crippen molar-refractivity contribution in [2.45, 2.75) is 0 Å². The molecule has 0 saturated heterocycles. The number of nitrogens with one attached hydrogen (secondary N) is 1. The van der Waals surface area contributed by atoms with Gasteiger partial charge in [0, 0.05) is 25.7 Å². The summed E-state index contributed by atoms with van der Waals surface area (Å²) in [7, 11) is 5.96. The van der Waals surface area contributed by atoms with E-state index in [0.717, 1.165) is 0 Å². The fraction of sp³-hybridized carbons (Fsp3) is 0.353. The van der Waals surface area contributed by atoms with Crippen LogP contribution >= 0.6 is 0 Å². The summed E-state index contributed by atoms with van der Waals surface area (Å²) in [5.41, 5.74) is 0.627. The molecule has 136 valence electrons. The number of hydrogen-bond acceptors (Lipinski definition) is 6. The second-order valence-corrected chi connectivity index (χ2v) is 4.97. The van der Waals surface area contributed by atoms with Crippen LogP contribution in [0.15, 0.2) is 24.3 Å². The second kappa shape index (κ2) is 9.96. The topological polar surface area (TPSA) is 94.2 Å². The summed E-state index contributed by atoms with van der Waals surface area (Å²) in [5, 5.41) is 2.40. The Bertz CT molecular complexity index is 657. The van der Waals surface area contributed by atoms with Crippen LogP contribution in [0.3, 0.4) is 0 Å². The normalized spacial score (nSPS) is 10.2. The Morgan fingerprint density at radius 3 is 2.52 bits per heavy atom. The number of likely N-dealkylation sites (N-methyl/N-ethyl adjacent to an activating group) is 2. The van der Waals surface area contributed by atoms with Gasteiger partial charge in [0.05, 0.1) is 20.8 Å². The molecule has 0 aliphatic rings. The highest BCUT2D eigenvalue weighted by Gasteiger charge is 2.13. The van der Waals surface area contributed by atoms with E-state index >= 15 is 0 Å². The minimum absolute atomic E-state index is 0.107. The lowest BCUT2D eigenvalue weighted by Gasteiger charge is -2.15. The van der Waals surface area contributed by atoms with E-state index in [1.807, 2.05) is 0 Å². The number of ether oxygens (including phenoxy) is 3. The van der Waals surface area contributed by atoms with Crippen molar-refractivity contribution >= 4 is 23.9 Å². The maximum absolute atomic E-state index is 11.8. The first-order valence-corrected chi connectivity index (χ1v) is 7.42. The highest BCUT2D eigenvalue weighted by atomic mass is 16.5. The van der Waals surface area contributed by atoms with Gasteiger partial charge in [-0.25, -0.2) is 4.79 Å². The third-order valence-corrected chi connectivity index (χ3v) is 3.26. The molecule has 0 bridgehead atoms. The number of carbonyl (C=O) groups is 3. The number of amides is 2. The minimum Gasteiger partial charge on any atom is -0.497 e. The molecule has 8 nitrogen and oxygen atoms in total. The van der Waals surface area contributed by atoms with E-state index in [9.17, 15) is 14.4 Å². The summed E-state index contributed by atoms with van der Waals surface area (Å²) < 4.78 is 15.2. The average molecular weight is 350 g/mol. The molecule has 25 heavy (non-hydrogen) atoms. The molecule has 0 aliphatic carbocycles. The first kappa shape index (κ1) is 20.0. The number of hydrogen-bond donors (Lipinski definition) is 1. The zero-order valence-corrected chi connectivity index (χ0v) is 14.7. The Balaban J connectivity index is 2.60. The van der Waals surface area contributed by atoms with E-state index < -0.39 is 18.5 Å². The molecule has 2 amide bonds. The SMILES string of the molecule is CNC(=O)CN(C)C(=O)COC(=O)/C=C/c1cc(OC)ccc1OC. The van der Waals surface area contributed by atoms with E-state index in [0.29, 0.717) is 17.1 Å². The van der Waals surface area contributed by atoms with Crippen LogP contribution in [0.25, 0.3) is 6.08 Å². The van der Waals surface area contributed by atoms with Gasteiger partial charge in [0.1, 0.15) is 11.5 Å². The van der Waals surface area contributed by atoms with Crippen molar-refractivity contribution in [1.82, 2.24) is 10.2 Å². The van der Waals surface area contributed by atoms with Crippen molar-refractivity contribution in [3.63, 3.8) is 0 Å². The first-order chi connectivity index (χ1) is 11.9. The smallest absolute Gasteiger partial charge is 0.331 e. The molecule has 0 radical (unpaired) electrons. The fourth-order valence-corrected chi connectivity index (χ4v) is 1.80. The molecule has 1 N–H and O–H groups in total. The highest BCUT2D eigenvalue weighted by molar-refractivity contribution is 5.90. The summed E-state index contributed by atoms with van der Waals surface area (Å²) >= 11 is 0. The lowest BCUT2D eigenvalue weighted by Crippen LogP contribution is -2.38. The molecular formula is C17H22N2O6. The molecule has 0 saturated carbocycles. The summed E-state index contributed by atoms with van der Waals surface area (Å²) in [6.45, 7) is -0.560. The Hall–Kier alpha value is -3.03. The Kier molecular flexibility index (Phi) is 7.98. The van der Waals surface area contributed by atoms with Gasteiger partial charge >= 0.3 is 5.97 Å². The van der Waals surface area contributed by atoms with Crippen LogP contribution in [0.5, 0.6) is 11.5 Å². The van der Waals surface area contributed by atoms with Crippen molar-refractivity contribution in [1.29, 1.82) is 0 Å². The Morgan fingerprint density at radius 2 is 1.92 bits per heavy atom. The second-order valence-electron chi connectivity index (χ2n) is 4.97. The molecule has 1 aromatic rings. The predicted octanol–water partition coefficient (Wildman–Crippen LogP) is 0.465. The van der Waals surface area contributed by atoms with Gasteiger partial charge in [0.25, 0.3) is 5.91 Å². The van der Waals surface area contributed by atoms with Crippen LogP contribution in [0.1, 0.15) is 5.56 Å².